The van der Waals surface area contributed by atoms with Gasteiger partial charge in [-0.15, -0.1) is 0 Å². The molecule has 1 aromatic heterocycles. The van der Waals surface area contributed by atoms with Crippen LogP contribution in [0.5, 0.6) is 0 Å². The van der Waals surface area contributed by atoms with Crippen LogP contribution in [0, 0.1) is 0 Å². The Balaban J connectivity index is 0.000000246. The van der Waals surface area contributed by atoms with E-state index < -0.39 is 10.4 Å². The first-order valence-corrected chi connectivity index (χ1v) is 9.36. The molecule has 20 heavy (non-hydrogen) atoms. The maximum Gasteiger partial charge on any atom is 0.298 e. The van der Waals surface area contributed by atoms with Crippen LogP contribution >= 0.6 is 23.1 Å². The van der Waals surface area contributed by atoms with Crippen LogP contribution in [0.4, 0.5) is 0 Å². The summed E-state index contributed by atoms with van der Waals surface area (Å²) in [5.41, 5.74) is 1.36. The van der Waals surface area contributed by atoms with E-state index in [1.807, 2.05) is 23.1 Å². The molecule has 0 bridgehead atoms. The second-order valence-corrected chi connectivity index (χ2v) is 6.74. The van der Waals surface area contributed by atoms with Gasteiger partial charge in [-0.3, -0.25) is 4.18 Å². The minimum atomic E-state index is -4.42. The molecule has 0 saturated heterocycles. The molecule has 0 fully saturated rings. The van der Waals surface area contributed by atoms with Crippen LogP contribution in [0.25, 0.3) is 10.2 Å². The lowest BCUT2D eigenvalue weighted by molar-refractivity contribution is -0.698. The van der Waals surface area contributed by atoms with Gasteiger partial charge in [0.1, 0.15) is 11.2 Å². The second-order valence-electron chi connectivity index (χ2n) is 3.60. The van der Waals surface area contributed by atoms with Crippen LogP contribution in [0.3, 0.4) is 0 Å². The first kappa shape index (κ1) is 17.4. The molecule has 2 aromatic rings. The summed E-state index contributed by atoms with van der Waals surface area (Å²) in [6.45, 7) is 4.58. The highest BCUT2D eigenvalue weighted by Gasteiger charge is 2.16. The Hall–Kier alpha value is -0.670. The molecule has 2 rings (SSSR count). The molecule has 8 heteroatoms. The average Bonchev–Trinajstić information content (AvgIpc) is 2.75. The number of fused-ring (bicyclic) bond motifs is 1. The molecular formula is C12H17NO4S3. The van der Waals surface area contributed by atoms with Gasteiger partial charge >= 0.3 is 0 Å². The van der Waals surface area contributed by atoms with Crippen molar-refractivity contribution in [3.63, 3.8) is 0 Å². The van der Waals surface area contributed by atoms with Gasteiger partial charge in [-0.2, -0.15) is 4.57 Å². The first-order valence-electron chi connectivity index (χ1n) is 5.98. The smallest absolute Gasteiger partial charge is 0.298 e. The fourth-order valence-corrected chi connectivity index (χ4v) is 3.90. The molecule has 5 nitrogen and oxygen atoms in total. The zero-order valence-electron chi connectivity index (χ0n) is 11.5. The zero-order chi connectivity index (χ0) is 15.2. The number of aromatic nitrogens is 1. The van der Waals surface area contributed by atoms with Crippen LogP contribution in [-0.4, -0.2) is 25.8 Å². The Labute approximate surface area is 127 Å². The molecule has 0 aliphatic heterocycles. The quantitative estimate of drug-likeness (QED) is 0.371. The van der Waals surface area contributed by atoms with Gasteiger partial charge in [0.05, 0.1) is 6.61 Å². The summed E-state index contributed by atoms with van der Waals surface area (Å²) in [7, 11) is -4.42. The number of hydrogen-bond donors (Lipinski definition) is 0. The van der Waals surface area contributed by atoms with E-state index in [1.165, 1.54) is 21.5 Å². The normalized spacial score (nSPS) is 11.2. The summed E-state index contributed by atoms with van der Waals surface area (Å²) in [4.78, 5) is 0. The summed E-state index contributed by atoms with van der Waals surface area (Å²) in [6.07, 6.45) is 2.14. The minimum absolute atomic E-state index is 0.0914. The van der Waals surface area contributed by atoms with Crippen LogP contribution in [0.15, 0.2) is 28.6 Å². The molecule has 0 amide bonds. The number of rotatable bonds is 4. The number of nitrogens with zero attached hydrogens (tertiary/aromatic N) is 1. The van der Waals surface area contributed by atoms with Crippen molar-refractivity contribution >= 4 is 43.7 Å². The summed E-state index contributed by atoms with van der Waals surface area (Å²) < 4.78 is 37.1. The van der Waals surface area contributed by atoms with E-state index in [0.717, 1.165) is 6.54 Å². The predicted molar refractivity (Wildman–Crippen MR) is 80.8 cm³/mol. The van der Waals surface area contributed by atoms with Gasteiger partial charge in [-0.25, -0.2) is 8.42 Å². The maximum absolute atomic E-state index is 9.45. The van der Waals surface area contributed by atoms with Crippen LogP contribution in [-0.2, 0) is 21.1 Å². The van der Waals surface area contributed by atoms with Gasteiger partial charge in [0, 0.05) is 6.07 Å². The third kappa shape index (κ3) is 5.02. The molecule has 0 N–H and O–H groups in total. The molecule has 0 unspecified atom stereocenters. The number of thiazole rings is 1. The van der Waals surface area contributed by atoms with Crippen molar-refractivity contribution in [1.29, 1.82) is 0 Å². The number of aryl methyl sites for hydroxylation is 1. The average molecular weight is 335 g/mol. The highest BCUT2D eigenvalue weighted by molar-refractivity contribution is 8.00. The number of hydrogen-bond acceptors (Lipinski definition) is 6. The molecule has 0 spiro atoms. The lowest BCUT2D eigenvalue weighted by atomic mass is 10.3. The van der Waals surface area contributed by atoms with Crippen LogP contribution in [0.1, 0.15) is 13.8 Å². The Morgan fingerprint density at radius 1 is 1.35 bits per heavy atom. The van der Waals surface area contributed by atoms with Crippen molar-refractivity contribution in [3.8, 4) is 0 Å². The first-order chi connectivity index (χ1) is 9.42. The van der Waals surface area contributed by atoms with Crippen molar-refractivity contribution in [1.82, 2.24) is 0 Å². The molecule has 1 heterocycles. The van der Waals surface area contributed by atoms with E-state index in [1.54, 1.807) is 0 Å². The second kappa shape index (κ2) is 7.94. The Bertz CT molecular complexity index is 652. The maximum atomic E-state index is 9.45. The van der Waals surface area contributed by atoms with Gasteiger partial charge in [0.15, 0.2) is 0 Å². The van der Waals surface area contributed by atoms with Crippen LogP contribution < -0.4 is 4.57 Å². The summed E-state index contributed by atoms with van der Waals surface area (Å²) >= 11 is 3.70. The summed E-state index contributed by atoms with van der Waals surface area (Å²) in [5.74, 6) is 0. The molecular weight excluding hydrogens is 318 g/mol. The summed E-state index contributed by atoms with van der Waals surface area (Å²) in [6, 6.07) is 8.58. The van der Waals surface area contributed by atoms with Gasteiger partial charge in [-0.1, -0.05) is 23.5 Å². The molecule has 0 radical (unpaired) electrons. The number of benzene rings is 1. The van der Waals surface area contributed by atoms with Gasteiger partial charge in [0.25, 0.3) is 4.34 Å². The molecule has 0 atom stereocenters. The molecule has 1 aromatic carbocycles. The summed E-state index contributed by atoms with van der Waals surface area (Å²) in [5, 5.41) is 0. The van der Waals surface area contributed by atoms with Crippen molar-refractivity contribution in [2.24, 2.45) is 0 Å². The van der Waals surface area contributed by atoms with Crippen molar-refractivity contribution in [2.45, 2.75) is 24.7 Å². The number of para-hydroxylation sites is 1. The third-order valence-electron chi connectivity index (χ3n) is 2.33. The highest BCUT2D eigenvalue weighted by Crippen LogP contribution is 2.25. The van der Waals surface area contributed by atoms with Crippen molar-refractivity contribution in [3.05, 3.63) is 24.3 Å². The Morgan fingerprint density at radius 3 is 2.45 bits per heavy atom. The third-order valence-corrected chi connectivity index (χ3v) is 5.13. The lowest BCUT2D eigenvalue weighted by Crippen LogP contribution is -2.32. The zero-order valence-corrected chi connectivity index (χ0v) is 14.0. The standard InChI is InChI=1S/C10H12NS2.C2H6O4S/c1-3-11-8-6-4-5-7-9(8)13-10(11)12-2;1-2-6-7(3,4)5/h4-7H,3H2,1-2H3;2H2,1H3,(H,3,4,5)/q+1;/p-1. The topological polar surface area (TPSA) is 70.3 Å². The number of thioether (sulfide) groups is 1. The van der Waals surface area contributed by atoms with Crippen molar-refractivity contribution < 1.29 is 21.7 Å². The molecule has 0 aliphatic carbocycles. The fourth-order valence-electron chi connectivity index (χ4n) is 1.61. The van der Waals surface area contributed by atoms with E-state index in [4.69, 9.17) is 0 Å². The largest absolute Gasteiger partial charge is 0.726 e. The minimum Gasteiger partial charge on any atom is -0.726 e. The van der Waals surface area contributed by atoms with Crippen LogP contribution in [0.2, 0.25) is 0 Å². The van der Waals surface area contributed by atoms with E-state index in [9.17, 15) is 13.0 Å². The van der Waals surface area contributed by atoms with Crippen molar-refractivity contribution in [2.75, 3.05) is 12.9 Å². The molecule has 112 valence electrons. The van der Waals surface area contributed by atoms with E-state index in [-0.39, 0.29) is 6.61 Å². The fraction of sp³-hybridized carbons (Fsp3) is 0.417. The van der Waals surface area contributed by atoms with E-state index in [2.05, 4.69) is 46.2 Å². The Morgan fingerprint density at radius 2 is 2.00 bits per heavy atom. The monoisotopic (exact) mass is 335 g/mol. The van der Waals surface area contributed by atoms with Gasteiger partial charge in [-0.05, 0) is 37.9 Å². The van der Waals surface area contributed by atoms with Gasteiger partial charge < -0.3 is 4.55 Å². The van der Waals surface area contributed by atoms with Gasteiger partial charge in [0.2, 0.25) is 15.9 Å². The van der Waals surface area contributed by atoms with E-state index in [0.29, 0.717) is 0 Å². The predicted octanol–water partition coefficient (Wildman–Crippen LogP) is 2.41. The highest BCUT2D eigenvalue weighted by atomic mass is 32.3. The molecule has 0 aliphatic rings. The lowest BCUT2D eigenvalue weighted by Gasteiger charge is -2.02. The van der Waals surface area contributed by atoms with E-state index >= 15 is 0 Å². The Kier molecular flexibility index (Phi) is 6.90. The SMILES string of the molecule is CCOS(=O)(=O)[O-].CC[n+]1c(SC)sc2ccccc21. The molecule has 0 saturated carbocycles.